The number of nitrogens with two attached hydrogens (primary N) is 1. The minimum Gasteiger partial charge on any atom is -0.379 e. The van der Waals surface area contributed by atoms with E-state index in [-0.39, 0.29) is 11.5 Å². The lowest BCUT2D eigenvalue weighted by Crippen LogP contribution is -2.40. The van der Waals surface area contributed by atoms with Gasteiger partial charge in [-0.15, -0.1) is 0 Å². The van der Waals surface area contributed by atoms with Crippen LogP contribution in [-0.2, 0) is 4.74 Å². The number of ether oxygens (including phenoxy) is 1. The number of nitrogen functional groups attached to an aromatic ring is 1. The number of hydrazine groups is 2. The highest BCUT2D eigenvalue weighted by molar-refractivity contribution is 5.53. The van der Waals surface area contributed by atoms with Crippen molar-refractivity contribution < 1.29 is 9.66 Å². The minimum absolute atomic E-state index is 0.0753. The number of nitrogens with zero attached hydrogens (tertiary/aromatic N) is 3. The number of hydrogen-bond donors (Lipinski definition) is 3. The maximum atomic E-state index is 10.8. The molecule has 0 amide bonds. The molecule has 1 aromatic heterocycles. The Hall–Kier alpha value is -1.97. The summed E-state index contributed by atoms with van der Waals surface area (Å²) in [6.07, 6.45) is 0. The molecule has 2 heterocycles. The summed E-state index contributed by atoms with van der Waals surface area (Å²) in [6, 6.07) is 2.63. The fourth-order valence-electron chi connectivity index (χ4n) is 1.59. The Morgan fingerprint density at radius 3 is 2.67 bits per heavy atom. The van der Waals surface area contributed by atoms with Crippen molar-refractivity contribution in [1.82, 2.24) is 9.99 Å². The Kier molecular flexibility index (Phi) is 3.87. The molecule has 0 atom stereocenters. The van der Waals surface area contributed by atoms with Crippen LogP contribution >= 0.6 is 0 Å². The van der Waals surface area contributed by atoms with Crippen LogP contribution in [0.15, 0.2) is 12.1 Å². The average molecular weight is 254 g/mol. The van der Waals surface area contributed by atoms with E-state index >= 15 is 0 Å². The molecule has 1 saturated heterocycles. The van der Waals surface area contributed by atoms with Gasteiger partial charge in [-0.25, -0.2) is 15.8 Å². The summed E-state index contributed by atoms with van der Waals surface area (Å²) in [4.78, 5) is 14.4. The lowest BCUT2D eigenvalue weighted by Gasteiger charge is -2.27. The van der Waals surface area contributed by atoms with Gasteiger partial charge < -0.3 is 15.6 Å². The molecule has 0 saturated carbocycles. The predicted octanol–water partition coefficient (Wildman–Crippen LogP) is -0.0655. The summed E-state index contributed by atoms with van der Waals surface area (Å²) < 4.78 is 5.20. The van der Waals surface area contributed by atoms with Crippen LogP contribution in [0.25, 0.3) is 0 Å². The van der Waals surface area contributed by atoms with Gasteiger partial charge in [0.1, 0.15) is 11.6 Å². The molecule has 1 aliphatic rings. The van der Waals surface area contributed by atoms with Crippen molar-refractivity contribution in [3.63, 3.8) is 0 Å². The SMILES string of the molecule is NNc1cc([N+](=O)[O-])cc(NN2CCOCC2)n1. The molecule has 0 aliphatic carbocycles. The van der Waals surface area contributed by atoms with Crippen LogP contribution in [0.2, 0.25) is 0 Å². The summed E-state index contributed by atoms with van der Waals surface area (Å²) in [5.41, 5.74) is 5.22. The molecule has 98 valence electrons. The molecule has 18 heavy (non-hydrogen) atoms. The number of nitro groups is 1. The Balaban J connectivity index is 2.15. The Bertz CT molecular complexity index is 434. The zero-order chi connectivity index (χ0) is 13.0. The maximum absolute atomic E-state index is 10.8. The van der Waals surface area contributed by atoms with Gasteiger partial charge in [-0.3, -0.25) is 10.1 Å². The molecule has 0 aromatic carbocycles. The maximum Gasteiger partial charge on any atom is 0.276 e. The number of rotatable bonds is 4. The second-order valence-corrected chi connectivity index (χ2v) is 3.71. The summed E-state index contributed by atoms with van der Waals surface area (Å²) in [6.45, 7) is 2.61. The number of pyridine rings is 1. The molecule has 0 unspecified atom stereocenters. The van der Waals surface area contributed by atoms with Crippen LogP contribution in [0.1, 0.15) is 0 Å². The first-order valence-corrected chi connectivity index (χ1v) is 5.41. The molecule has 9 nitrogen and oxygen atoms in total. The third-order valence-electron chi connectivity index (χ3n) is 2.45. The second-order valence-electron chi connectivity index (χ2n) is 3.71. The van der Waals surface area contributed by atoms with Gasteiger partial charge in [0, 0.05) is 13.1 Å². The number of anilines is 2. The van der Waals surface area contributed by atoms with Crippen molar-refractivity contribution in [3.05, 3.63) is 22.2 Å². The highest BCUT2D eigenvalue weighted by atomic mass is 16.6. The van der Waals surface area contributed by atoms with E-state index in [1.165, 1.54) is 12.1 Å². The number of morpholine rings is 1. The fourth-order valence-corrected chi connectivity index (χ4v) is 1.59. The molecule has 9 heteroatoms. The highest BCUT2D eigenvalue weighted by Gasteiger charge is 2.14. The third kappa shape index (κ3) is 3.03. The molecule has 1 aromatic rings. The molecular weight excluding hydrogens is 240 g/mol. The average Bonchev–Trinajstić information content (AvgIpc) is 2.39. The molecule has 1 aliphatic heterocycles. The second kappa shape index (κ2) is 5.58. The van der Waals surface area contributed by atoms with Crippen molar-refractivity contribution in [1.29, 1.82) is 0 Å². The van der Waals surface area contributed by atoms with Gasteiger partial charge in [0.05, 0.1) is 30.3 Å². The minimum atomic E-state index is -0.493. The van der Waals surface area contributed by atoms with E-state index in [2.05, 4.69) is 15.8 Å². The van der Waals surface area contributed by atoms with Crippen LogP contribution in [0.5, 0.6) is 0 Å². The Labute approximate surface area is 103 Å². The first-order valence-electron chi connectivity index (χ1n) is 5.41. The molecule has 4 N–H and O–H groups in total. The lowest BCUT2D eigenvalue weighted by molar-refractivity contribution is -0.384. The van der Waals surface area contributed by atoms with E-state index in [9.17, 15) is 10.1 Å². The van der Waals surface area contributed by atoms with Crippen LogP contribution in [-0.4, -0.2) is 41.2 Å². The Morgan fingerprint density at radius 2 is 2.06 bits per heavy atom. The Morgan fingerprint density at radius 1 is 1.39 bits per heavy atom. The van der Waals surface area contributed by atoms with E-state index in [0.29, 0.717) is 32.1 Å². The van der Waals surface area contributed by atoms with Gasteiger partial charge in [0.15, 0.2) is 0 Å². The van der Waals surface area contributed by atoms with E-state index in [1.54, 1.807) is 0 Å². The standard InChI is InChI=1S/C9H14N6O3/c10-12-8-5-7(15(16)17)6-9(11-8)13-14-1-3-18-4-2-14/h5-6H,1-4,10H2,(H2,11,12,13). The largest absolute Gasteiger partial charge is 0.379 e. The number of hydrogen-bond acceptors (Lipinski definition) is 8. The quantitative estimate of drug-likeness (QED) is 0.388. The van der Waals surface area contributed by atoms with Crippen molar-refractivity contribution in [2.45, 2.75) is 0 Å². The van der Waals surface area contributed by atoms with Crippen molar-refractivity contribution >= 4 is 17.3 Å². The van der Waals surface area contributed by atoms with E-state index < -0.39 is 4.92 Å². The first-order chi connectivity index (χ1) is 8.69. The zero-order valence-corrected chi connectivity index (χ0v) is 9.63. The van der Waals surface area contributed by atoms with Gasteiger partial charge >= 0.3 is 0 Å². The summed E-state index contributed by atoms with van der Waals surface area (Å²) in [5.74, 6) is 5.83. The normalized spacial score (nSPS) is 16.3. The van der Waals surface area contributed by atoms with Gasteiger partial charge in [-0.05, 0) is 0 Å². The molecule has 0 bridgehead atoms. The zero-order valence-electron chi connectivity index (χ0n) is 9.63. The first kappa shape index (κ1) is 12.5. The van der Waals surface area contributed by atoms with Crippen molar-refractivity contribution in [2.75, 3.05) is 37.2 Å². The monoisotopic (exact) mass is 254 g/mol. The molecule has 2 rings (SSSR count). The molecule has 0 radical (unpaired) electrons. The van der Waals surface area contributed by atoms with Crippen LogP contribution in [0.3, 0.4) is 0 Å². The number of aromatic nitrogens is 1. The summed E-state index contributed by atoms with van der Waals surface area (Å²) in [5, 5.41) is 12.6. The smallest absolute Gasteiger partial charge is 0.276 e. The lowest BCUT2D eigenvalue weighted by atomic mass is 10.4. The van der Waals surface area contributed by atoms with Gasteiger partial charge in [0.25, 0.3) is 5.69 Å². The van der Waals surface area contributed by atoms with Gasteiger partial charge in [-0.1, -0.05) is 0 Å². The highest BCUT2D eigenvalue weighted by Crippen LogP contribution is 2.20. The van der Waals surface area contributed by atoms with Crippen LogP contribution in [0, 0.1) is 10.1 Å². The van der Waals surface area contributed by atoms with Crippen molar-refractivity contribution in [2.24, 2.45) is 5.84 Å². The van der Waals surface area contributed by atoms with Crippen LogP contribution < -0.4 is 16.7 Å². The van der Waals surface area contributed by atoms with Gasteiger partial charge in [-0.2, -0.15) is 0 Å². The van der Waals surface area contributed by atoms with Gasteiger partial charge in [0.2, 0.25) is 0 Å². The number of nitrogens with one attached hydrogen (secondary N) is 2. The third-order valence-corrected chi connectivity index (χ3v) is 2.45. The van der Waals surface area contributed by atoms with E-state index in [0.717, 1.165) is 0 Å². The van der Waals surface area contributed by atoms with Crippen LogP contribution in [0.4, 0.5) is 17.3 Å². The topological polar surface area (TPSA) is 119 Å². The summed E-state index contributed by atoms with van der Waals surface area (Å²) in [7, 11) is 0. The molecule has 1 fully saturated rings. The van der Waals surface area contributed by atoms with E-state index in [4.69, 9.17) is 10.6 Å². The molecule has 0 spiro atoms. The molecular formula is C9H14N6O3. The van der Waals surface area contributed by atoms with E-state index in [1.807, 2.05) is 5.01 Å². The fraction of sp³-hybridized carbons (Fsp3) is 0.444. The predicted molar refractivity (Wildman–Crippen MR) is 64.7 cm³/mol. The summed E-state index contributed by atoms with van der Waals surface area (Å²) >= 11 is 0. The van der Waals surface area contributed by atoms with Crippen molar-refractivity contribution in [3.8, 4) is 0 Å².